The monoisotopic (exact) mass is 362 g/mol. The average molecular weight is 363 g/mol. The second-order valence-electron chi connectivity index (χ2n) is 5.69. The van der Waals surface area contributed by atoms with Gasteiger partial charge in [-0.05, 0) is 35.7 Å². The largest absolute Gasteiger partial charge is 0.350 e. The minimum atomic E-state index is -0.307. The van der Waals surface area contributed by atoms with Crippen molar-refractivity contribution < 1.29 is 14.0 Å². The van der Waals surface area contributed by atoms with Crippen LogP contribution in [0, 0.1) is 5.82 Å². The molecule has 2 rings (SSSR count). The molecule has 0 heterocycles. The van der Waals surface area contributed by atoms with Crippen molar-refractivity contribution in [2.45, 2.75) is 19.9 Å². The van der Waals surface area contributed by atoms with Crippen molar-refractivity contribution in [3.8, 4) is 0 Å². The van der Waals surface area contributed by atoms with Gasteiger partial charge in [0.1, 0.15) is 5.82 Å². The van der Waals surface area contributed by atoms with Gasteiger partial charge >= 0.3 is 0 Å². The SMILES string of the molecule is CC(=O)N(CCc1ccccc1F)CC(=O)NCc1ccc(Cl)cc1. The molecule has 0 unspecified atom stereocenters. The Hall–Kier alpha value is -2.40. The van der Waals surface area contributed by atoms with E-state index in [0.717, 1.165) is 5.56 Å². The van der Waals surface area contributed by atoms with Gasteiger partial charge in [0.2, 0.25) is 11.8 Å². The van der Waals surface area contributed by atoms with Crippen molar-refractivity contribution in [2.75, 3.05) is 13.1 Å². The summed E-state index contributed by atoms with van der Waals surface area (Å²) in [5.74, 6) is -0.796. The van der Waals surface area contributed by atoms with Crippen LogP contribution in [0.25, 0.3) is 0 Å². The quantitative estimate of drug-likeness (QED) is 0.822. The topological polar surface area (TPSA) is 49.4 Å². The zero-order valence-corrected chi connectivity index (χ0v) is 14.7. The zero-order valence-electron chi connectivity index (χ0n) is 14.0. The standard InChI is InChI=1S/C19H20ClFN2O2/c1-14(24)23(11-10-16-4-2-3-5-18(16)21)13-19(25)22-12-15-6-8-17(20)9-7-15/h2-9H,10-13H2,1H3,(H,22,25). The Kier molecular flexibility index (Phi) is 6.95. The lowest BCUT2D eigenvalue weighted by molar-refractivity contribution is -0.134. The fourth-order valence-corrected chi connectivity index (χ4v) is 2.46. The van der Waals surface area contributed by atoms with Crippen LogP contribution in [0.4, 0.5) is 4.39 Å². The first-order valence-corrected chi connectivity index (χ1v) is 8.33. The third kappa shape index (κ3) is 6.19. The summed E-state index contributed by atoms with van der Waals surface area (Å²) in [7, 11) is 0. The smallest absolute Gasteiger partial charge is 0.239 e. The van der Waals surface area contributed by atoms with Gasteiger partial charge in [0.15, 0.2) is 0 Å². The van der Waals surface area contributed by atoms with Gasteiger partial charge < -0.3 is 10.2 Å². The van der Waals surface area contributed by atoms with Crippen LogP contribution in [-0.2, 0) is 22.6 Å². The molecule has 0 aliphatic heterocycles. The van der Waals surface area contributed by atoms with Crippen LogP contribution >= 0.6 is 11.6 Å². The van der Waals surface area contributed by atoms with Gasteiger partial charge in [-0.15, -0.1) is 0 Å². The van der Waals surface area contributed by atoms with E-state index in [4.69, 9.17) is 11.6 Å². The van der Waals surface area contributed by atoms with Crippen molar-refractivity contribution in [3.05, 3.63) is 70.5 Å². The molecule has 0 bridgehead atoms. The van der Waals surface area contributed by atoms with Crippen molar-refractivity contribution in [2.24, 2.45) is 0 Å². The summed E-state index contributed by atoms with van der Waals surface area (Å²) >= 11 is 5.82. The Bertz CT molecular complexity index is 734. The Morgan fingerprint density at radius 3 is 2.44 bits per heavy atom. The lowest BCUT2D eigenvalue weighted by atomic mass is 10.1. The molecule has 2 amide bonds. The number of hydrogen-bond acceptors (Lipinski definition) is 2. The molecule has 0 radical (unpaired) electrons. The molecule has 0 spiro atoms. The van der Waals surface area contributed by atoms with Crippen LogP contribution in [-0.4, -0.2) is 29.8 Å². The number of halogens is 2. The highest BCUT2D eigenvalue weighted by molar-refractivity contribution is 6.30. The zero-order chi connectivity index (χ0) is 18.2. The van der Waals surface area contributed by atoms with Crippen LogP contribution in [0.5, 0.6) is 0 Å². The molecule has 0 saturated heterocycles. The highest BCUT2D eigenvalue weighted by Crippen LogP contribution is 2.10. The van der Waals surface area contributed by atoms with Crippen molar-refractivity contribution in [1.29, 1.82) is 0 Å². The van der Waals surface area contributed by atoms with Crippen LogP contribution < -0.4 is 5.32 Å². The van der Waals surface area contributed by atoms with E-state index in [2.05, 4.69) is 5.32 Å². The van der Waals surface area contributed by atoms with Crippen LogP contribution in [0.2, 0.25) is 5.02 Å². The highest BCUT2D eigenvalue weighted by Gasteiger charge is 2.14. The predicted octanol–water partition coefficient (Wildman–Crippen LogP) is 3.19. The summed E-state index contributed by atoms with van der Waals surface area (Å²) < 4.78 is 13.6. The molecule has 1 N–H and O–H groups in total. The molecule has 0 saturated carbocycles. The van der Waals surface area contributed by atoms with E-state index in [1.165, 1.54) is 17.9 Å². The number of carbonyl (C=O) groups is 2. The second kappa shape index (κ2) is 9.18. The van der Waals surface area contributed by atoms with Gasteiger partial charge in [0.25, 0.3) is 0 Å². The van der Waals surface area contributed by atoms with E-state index < -0.39 is 0 Å². The maximum absolute atomic E-state index is 13.6. The number of benzene rings is 2. The molecular formula is C19H20ClFN2O2. The molecular weight excluding hydrogens is 343 g/mol. The van der Waals surface area contributed by atoms with Crippen molar-refractivity contribution >= 4 is 23.4 Å². The lowest BCUT2D eigenvalue weighted by Gasteiger charge is -2.20. The number of carbonyl (C=O) groups excluding carboxylic acids is 2. The average Bonchev–Trinajstić information content (AvgIpc) is 2.59. The van der Waals surface area contributed by atoms with Crippen molar-refractivity contribution in [1.82, 2.24) is 10.2 Å². The summed E-state index contributed by atoms with van der Waals surface area (Å²) in [5.41, 5.74) is 1.44. The molecule has 0 aromatic heterocycles. The van der Waals surface area contributed by atoms with E-state index in [1.807, 2.05) is 12.1 Å². The minimum absolute atomic E-state index is 0.0582. The number of rotatable bonds is 7. The van der Waals surface area contributed by atoms with E-state index in [9.17, 15) is 14.0 Å². The molecule has 0 aliphatic rings. The summed E-state index contributed by atoms with van der Waals surface area (Å²) in [6.07, 6.45) is 0.358. The maximum atomic E-state index is 13.6. The van der Waals surface area contributed by atoms with Gasteiger partial charge in [-0.1, -0.05) is 41.9 Å². The molecule has 2 aromatic rings. The number of hydrogen-bond donors (Lipinski definition) is 1. The highest BCUT2D eigenvalue weighted by atomic mass is 35.5. The molecule has 0 aliphatic carbocycles. The molecule has 0 fully saturated rings. The number of amides is 2. The first kappa shape index (κ1) is 18.9. The van der Waals surface area contributed by atoms with E-state index in [1.54, 1.807) is 30.3 Å². The Morgan fingerprint density at radius 1 is 1.12 bits per heavy atom. The van der Waals surface area contributed by atoms with Gasteiger partial charge in [-0.25, -0.2) is 4.39 Å². The van der Waals surface area contributed by atoms with Gasteiger partial charge in [0, 0.05) is 25.0 Å². The van der Waals surface area contributed by atoms with Gasteiger partial charge in [-0.3, -0.25) is 9.59 Å². The lowest BCUT2D eigenvalue weighted by Crippen LogP contribution is -2.40. The van der Waals surface area contributed by atoms with Gasteiger partial charge in [0.05, 0.1) is 6.54 Å². The second-order valence-corrected chi connectivity index (χ2v) is 6.12. The van der Waals surface area contributed by atoms with Crippen LogP contribution in [0.3, 0.4) is 0 Å². The summed E-state index contributed by atoms with van der Waals surface area (Å²) in [4.78, 5) is 25.2. The summed E-state index contributed by atoms with van der Waals surface area (Å²) in [6, 6.07) is 13.6. The predicted molar refractivity (Wildman–Crippen MR) is 95.7 cm³/mol. The Morgan fingerprint density at radius 2 is 1.80 bits per heavy atom. The molecule has 2 aromatic carbocycles. The summed E-state index contributed by atoms with van der Waals surface area (Å²) in [6.45, 7) is 1.98. The number of nitrogens with one attached hydrogen (secondary N) is 1. The van der Waals surface area contributed by atoms with E-state index in [0.29, 0.717) is 23.6 Å². The van der Waals surface area contributed by atoms with Crippen LogP contribution in [0.1, 0.15) is 18.1 Å². The molecule has 6 heteroatoms. The minimum Gasteiger partial charge on any atom is -0.350 e. The fourth-order valence-electron chi connectivity index (χ4n) is 2.34. The summed E-state index contributed by atoms with van der Waals surface area (Å²) in [5, 5.41) is 3.39. The first-order chi connectivity index (χ1) is 12.0. The maximum Gasteiger partial charge on any atom is 0.239 e. The molecule has 25 heavy (non-hydrogen) atoms. The molecule has 0 atom stereocenters. The van der Waals surface area contributed by atoms with E-state index in [-0.39, 0.29) is 30.7 Å². The third-order valence-electron chi connectivity index (χ3n) is 3.79. The Labute approximate surface area is 151 Å². The van der Waals surface area contributed by atoms with Gasteiger partial charge in [-0.2, -0.15) is 0 Å². The number of nitrogens with zero attached hydrogens (tertiary/aromatic N) is 1. The molecule has 4 nitrogen and oxygen atoms in total. The molecule has 132 valence electrons. The van der Waals surface area contributed by atoms with E-state index >= 15 is 0 Å². The third-order valence-corrected chi connectivity index (χ3v) is 4.04. The Balaban J connectivity index is 1.85. The normalized spacial score (nSPS) is 10.4. The first-order valence-electron chi connectivity index (χ1n) is 7.96. The van der Waals surface area contributed by atoms with Crippen LogP contribution in [0.15, 0.2) is 48.5 Å². The van der Waals surface area contributed by atoms with Crippen molar-refractivity contribution in [3.63, 3.8) is 0 Å². The fraction of sp³-hybridized carbons (Fsp3) is 0.263.